The monoisotopic (exact) mass is 212 g/mol. The quantitative estimate of drug-likeness (QED) is 0.768. The summed E-state index contributed by atoms with van der Waals surface area (Å²) in [5.41, 5.74) is 1.11. The molecule has 1 saturated heterocycles. The number of aromatic nitrogens is 2. The van der Waals surface area contributed by atoms with Gasteiger partial charge in [0.2, 0.25) is 0 Å². The highest BCUT2D eigenvalue weighted by atomic mass is 16.5. The lowest BCUT2D eigenvalue weighted by molar-refractivity contribution is -0.0330. The van der Waals surface area contributed by atoms with Crippen molar-refractivity contribution >= 4 is 0 Å². The number of hydrogen-bond acceptors (Lipinski definition) is 3. The van der Waals surface area contributed by atoms with E-state index in [2.05, 4.69) is 5.10 Å². The molecule has 0 aliphatic carbocycles. The SMILES string of the molecule is CC.Cc1cnn(C2COCCC2O)c1. The average molecular weight is 212 g/mol. The van der Waals surface area contributed by atoms with Gasteiger partial charge in [-0.15, -0.1) is 0 Å². The molecule has 1 fully saturated rings. The maximum absolute atomic E-state index is 9.69. The molecule has 1 aliphatic rings. The van der Waals surface area contributed by atoms with Gasteiger partial charge in [0.05, 0.1) is 18.9 Å². The molecule has 2 unspecified atom stereocenters. The third kappa shape index (κ3) is 3.04. The molecular weight excluding hydrogens is 192 g/mol. The van der Waals surface area contributed by atoms with Crippen LogP contribution in [0.3, 0.4) is 0 Å². The van der Waals surface area contributed by atoms with Gasteiger partial charge in [0.15, 0.2) is 0 Å². The van der Waals surface area contributed by atoms with Crippen LogP contribution in [0, 0.1) is 6.92 Å². The van der Waals surface area contributed by atoms with Crippen LogP contribution < -0.4 is 0 Å². The highest BCUT2D eigenvalue weighted by molar-refractivity contribution is 5.01. The Hall–Kier alpha value is -0.870. The Morgan fingerprint density at radius 3 is 2.80 bits per heavy atom. The largest absolute Gasteiger partial charge is 0.391 e. The highest BCUT2D eigenvalue weighted by Crippen LogP contribution is 2.19. The van der Waals surface area contributed by atoms with Crippen molar-refractivity contribution in [2.75, 3.05) is 13.2 Å². The van der Waals surface area contributed by atoms with E-state index >= 15 is 0 Å². The second-order valence-corrected chi connectivity index (χ2v) is 3.50. The Balaban J connectivity index is 0.000000531. The molecule has 0 saturated carbocycles. The Kier molecular flexibility index (Phi) is 4.78. The lowest BCUT2D eigenvalue weighted by Gasteiger charge is -2.27. The zero-order valence-electron chi connectivity index (χ0n) is 9.68. The van der Waals surface area contributed by atoms with Crippen LogP contribution in [0.1, 0.15) is 31.9 Å². The number of aliphatic hydroxyl groups excluding tert-OH is 1. The van der Waals surface area contributed by atoms with E-state index in [1.54, 1.807) is 10.9 Å². The molecular formula is C11H20N2O2. The van der Waals surface area contributed by atoms with E-state index in [0.717, 1.165) is 5.56 Å². The van der Waals surface area contributed by atoms with Gasteiger partial charge in [-0.05, 0) is 18.9 Å². The van der Waals surface area contributed by atoms with E-state index in [-0.39, 0.29) is 12.1 Å². The van der Waals surface area contributed by atoms with Gasteiger partial charge >= 0.3 is 0 Å². The Morgan fingerprint density at radius 2 is 2.27 bits per heavy atom. The van der Waals surface area contributed by atoms with Crippen molar-refractivity contribution in [1.29, 1.82) is 0 Å². The van der Waals surface area contributed by atoms with Crippen LogP contribution in [0.25, 0.3) is 0 Å². The summed E-state index contributed by atoms with van der Waals surface area (Å²) in [5, 5.41) is 13.9. The van der Waals surface area contributed by atoms with Crippen LogP contribution in [0.4, 0.5) is 0 Å². The van der Waals surface area contributed by atoms with Gasteiger partial charge in [0.25, 0.3) is 0 Å². The zero-order chi connectivity index (χ0) is 11.3. The minimum Gasteiger partial charge on any atom is -0.391 e. The third-order valence-corrected chi connectivity index (χ3v) is 2.36. The summed E-state index contributed by atoms with van der Waals surface area (Å²) in [6.45, 7) is 7.19. The molecule has 1 N–H and O–H groups in total. The maximum atomic E-state index is 9.69. The third-order valence-electron chi connectivity index (χ3n) is 2.36. The van der Waals surface area contributed by atoms with Crippen molar-refractivity contribution in [3.63, 3.8) is 0 Å². The van der Waals surface area contributed by atoms with Crippen LogP contribution in [-0.4, -0.2) is 34.2 Å². The fraction of sp³-hybridized carbons (Fsp3) is 0.727. The fourth-order valence-electron chi connectivity index (χ4n) is 1.58. The summed E-state index contributed by atoms with van der Waals surface area (Å²) in [5.74, 6) is 0. The summed E-state index contributed by atoms with van der Waals surface area (Å²) in [4.78, 5) is 0. The normalized spacial score (nSPS) is 25.6. The van der Waals surface area contributed by atoms with Gasteiger partial charge in [-0.3, -0.25) is 4.68 Å². The molecule has 1 aliphatic heterocycles. The lowest BCUT2D eigenvalue weighted by atomic mass is 10.1. The molecule has 2 atom stereocenters. The molecule has 0 aromatic carbocycles. The van der Waals surface area contributed by atoms with Crippen molar-refractivity contribution in [1.82, 2.24) is 9.78 Å². The van der Waals surface area contributed by atoms with Crippen molar-refractivity contribution < 1.29 is 9.84 Å². The number of rotatable bonds is 1. The molecule has 4 nitrogen and oxygen atoms in total. The van der Waals surface area contributed by atoms with E-state index in [9.17, 15) is 5.11 Å². The minimum atomic E-state index is -0.326. The van der Waals surface area contributed by atoms with Crippen molar-refractivity contribution in [2.45, 2.75) is 39.3 Å². The number of aryl methyl sites for hydroxylation is 1. The second kappa shape index (κ2) is 5.88. The Morgan fingerprint density at radius 1 is 1.53 bits per heavy atom. The van der Waals surface area contributed by atoms with E-state index < -0.39 is 0 Å². The lowest BCUT2D eigenvalue weighted by Crippen LogP contribution is -2.34. The predicted molar refractivity (Wildman–Crippen MR) is 58.8 cm³/mol. The van der Waals surface area contributed by atoms with E-state index in [1.807, 2.05) is 27.0 Å². The van der Waals surface area contributed by atoms with Crippen molar-refractivity contribution in [2.24, 2.45) is 0 Å². The molecule has 0 spiro atoms. The highest BCUT2D eigenvalue weighted by Gasteiger charge is 2.25. The number of aliphatic hydroxyl groups is 1. The summed E-state index contributed by atoms with van der Waals surface area (Å²) in [6.07, 6.45) is 4.10. The smallest absolute Gasteiger partial charge is 0.101 e. The van der Waals surface area contributed by atoms with Gasteiger partial charge in [0, 0.05) is 12.8 Å². The maximum Gasteiger partial charge on any atom is 0.101 e. The molecule has 4 heteroatoms. The molecule has 1 aromatic rings. The van der Waals surface area contributed by atoms with Crippen LogP contribution in [-0.2, 0) is 4.74 Å². The van der Waals surface area contributed by atoms with Crippen LogP contribution in [0.2, 0.25) is 0 Å². The van der Waals surface area contributed by atoms with Gasteiger partial charge in [-0.1, -0.05) is 13.8 Å². The number of nitrogens with zero attached hydrogens (tertiary/aromatic N) is 2. The van der Waals surface area contributed by atoms with Crippen LogP contribution >= 0.6 is 0 Å². The average Bonchev–Trinajstić information content (AvgIpc) is 2.68. The molecule has 0 radical (unpaired) electrons. The minimum absolute atomic E-state index is 0.0116. The zero-order valence-corrected chi connectivity index (χ0v) is 9.68. The first-order chi connectivity index (χ1) is 7.27. The van der Waals surface area contributed by atoms with Gasteiger partial charge < -0.3 is 9.84 Å². The van der Waals surface area contributed by atoms with E-state index in [1.165, 1.54) is 0 Å². The van der Waals surface area contributed by atoms with E-state index in [4.69, 9.17) is 4.74 Å². The topological polar surface area (TPSA) is 47.3 Å². The standard InChI is InChI=1S/C9H14N2O2.C2H6/c1-7-4-10-11(5-7)8-6-13-3-2-9(8)12;1-2/h4-5,8-9,12H,2-3,6H2,1H3;1-2H3. The van der Waals surface area contributed by atoms with E-state index in [0.29, 0.717) is 19.6 Å². The van der Waals surface area contributed by atoms with Crippen LogP contribution in [0.15, 0.2) is 12.4 Å². The molecule has 0 amide bonds. The summed E-state index contributed by atoms with van der Waals surface area (Å²) in [7, 11) is 0. The van der Waals surface area contributed by atoms with Gasteiger partial charge in [-0.2, -0.15) is 5.10 Å². The first-order valence-electron chi connectivity index (χ1n) is 5.54. The molecule has 2 heterocycles. The summed E-state index contributed by atoms with van der Waals surface area (Å²) in [6, 6.07) is -0.0116. The molecule has 2 rings (SSSR count). The first-order valence-corrected chi connectivity index (χ1v) is 5.54. The number of ether oxygens (including phenoxy) is 1. The van der Waals surface area contributed by atoms with Crippen molar-refractivity contribution in [3.8, 4) is 0 Å². The first kappa shape index (κ1) is 12.2. The van der Waals surface area contributed by atoms with Gasteiger partial charge in [0.1, 0.15) is 6.04 Å². The predicted octanol–water partition coefficient (Wildman–Crippen LogP) is 1.54. The molecule has 86 valence electrons. The van der Waals surface area contributed by atoms with Crippen molar-refractivity contribution in [3.05, 3.63) is 18.0 Å². The second-order valence-electron chi connectivity index (χ2n) is 3.50. The molecule has 15 heavy (non-hydrogen) atoms. The Labute approximate surface area is 90.9 Å². The summed E-state index contributed by atoms with van der Waals surface area (Å²) >= 11 is 0. The fourth-order valence-corrected chi connectivity index (χ4v) is 1.58. The number of hydrogen-bond donors (Lipinski definition) is 1. The van der Waals surface area contributed by atoms with Gasteiger partial charge in [-0.25, -0.2) is 0 Å². The molecule has 0 bridgehead atoms. The van der Waals surface area contributed by atoms with Crippen LogP contribution in [0.5, 0.6) is 0 Å². The summed E-state index contributed by atoms with van der Waals surface area (Å²) < 4.78 is 7.09. The molecule has 1 aromatic heterocycles. The Bertz CT molecular complexity index is 286.